The molecular formula is C23H23FN4OS. The summed E-state index contributed by atoms with van der Waals surface area (Å²) in [6, 6.07) is 11.4. The van der Waals surface area contributed by atoms with E-state index in [0.717, 1.165) is 29.1 Å². The zero-order chi connectivity index (χ0) is 20.7. The highest BCUT2D eigenvalue weighted by atomic mass is 32.1. The summed E-state index contributed by atoms with van der Waals surface area (Å²) >= 11 is 1.31. The fourth-order valence-electron chi connectivity index (χ4n) is 4.64. The van der Waals surface area contributed by atoms with E-state index in [1.807, 2.05) is 12.1 Å². The highest BCUT2D eigenvalue weighted by Crippen LogP contribution is 2.42. The van der Waals surface area contributed by atoms with Gasteiger partial charge in [0, 0.05) is 18.8 Å². The SMILES string of the molecule is Cc1ccc([C@@]2(c3ncns3)CCN(C(=O)Nc3ccc4c(c3)CCC4)C2)cc1F. The molecule has 30 heavy (non-hydrogen) atoms. The Bertz CT molecular complexity index is 1100. The van der Waals surface area contributed by atoms with E-state index in [0.29, 0.717) is 25.1 Å². The minimum atomic E-state index is -0.537. The third-order valence-corrected chi connectivity index (χ3v) is 7.27. The van der Waals surface area contributed by atoms with Gasteiger partial charge in [0.2, 0.25) is 0 Å². The van der Waals surface area contributed by atoms with Crippen LogP contribution in [0.25, 0.3) is 0 Å². The quantitative estimate of drug-likeness (QED) is 0.666. The maximum Gasteiger partial charge on any atom is 0.321 e. The summed E-state index contributed by atoms with van der Waals surface area (Å²) in [5.41, 5.74) is 4.45. The van der Waals surface area contributed by atoms with Gasteiger partial charge >= 0.3 is 6.03 Å². The zero-order valence-corrected chi connectivity index (χ0v) is 17.6. The third kappa shape index (κ3) is 3.27. The number of fused-ring (bicyclic) bond motifs is 1. The molecule has 2 aliphatic rings. The van der Waals surface area contributed by atoms with Crippen LogP contribution in [0, 0.1) is 12.7 Å². The van der Waals surface area contributed by atoms with E-state index >= 15 is 0 Å². The van der Waals surface area contributed by atoms with Crippen LogP contribution in [0.3, 0.4) is 0 Å². The van der Waals surface area contributed by atoms with E-state index in [1.165, 1.54) is 35.4 Å². The molecule has 1 aliphatic heterocycles. The van der Waals surface area contributed by atoms with Gasteiger partial charge in [0.25, 0.3) is 0 Å². The predicted octanol–water partition coefficient (Wildman–Crippen LogP) is 4.70. The van der Waals surface area contributed by atoms with Crippen molar-refractivity contribution >= 4 is 23.3 Å². The molecule has 1 saturated heterocycles. The van der Waals surface area contributed by atoms with Crippen molar-refractivity contribution in [3.05, 3.63) is 75.8 Å². The van der Waals surface area contributed by atoms with E-state index < -0.39 is 5.41 Å². The minimum Gasteiger partial charge on any atom is -0.323 e. The first-order valence-corrected chi connectivity index (χ1v) is 11.0. The average Bonchev–Trinajstić information content (AvgIpc) is 3.50. The van der Waals surface area contributed by atoms with E-state index in [2.05, 4.69) is 26.8 Å². The normalized spacial score (nSPS) is 20.4. The van der Waals surface area contributed by atoms with Gasteiger partial charge in [-0.2, -0.15) is 4.37 Å². The number of hydrogen-bond donors (Lipinski definition) is 1. The number of nitrogens with zero attached hydrogens (tertiary/aromatic N) is 3. The summed E-state index contributed by atoms with van der Waals surface area (Å²) in [7, 11) is 0. The Kier molecular flexibility index (Phi) is 4.77. The molecule has 154 valence electrons. The molecule has 2 heterocycles. The van der Waals surface area contributed by atoms with Crippen LogP contribution in [0.4, 0.5) is 14.9 Å². The van der Waals surface area contributed by atoms with Crippen molar-refractivity contribution < 1.29 is 9.18 Å². The number of aryl methyl sites for hydroxylation is 3. The lowest BCUT2D eigenvalue weighted by Gasteiger charge is -2.28. The number of amides is 2. The number of anilines is 1. The van der Waals surface area contributed by atoms with Gasteiger partial charge in [-0.25, -0.2) is 14.2 Å². The molecule has 1 aliphatic carbocycles. The summed E-state index contributed by atoms with van der Waals surface area (Å²) in [6.07, 6.45) is 5.58. The van der Waals surface area contributed by atoms with E-state index in [9.17, 15) is 9.18 Å². The average molecular weight is 423 g/mol. The molecule has 0 unspecified atom stereocenters. The predicted molar refractivity (Wildman–Crippen MR) is 116 cm³/mol. The fraction of sp³-hybridized carbons (Fsp3) is 0.348. The first kappa shape index (κ1) is 19.2. The smallest absolute Gasteiger partial charge is 0.321 e. The molecule has 3 aromatic rings. The summed E-state index contributed by atoms with van der Waals surface area (Å²) in [5.74, 6) is -0.238. The number of urea groups is 1. The molecule has 1 N–H and O–H groups in total. The molecule has 0 spiro atoms. The lowest BCUT2D eigenvalue weighted by Crippen LogP contribution is -2.37. The maximum absolute atomic E-state index is 14.4. The van der Waals surface area contributed by atoms with Gasteiger partial charge in [0.05, 0.1) is 5.41 Å². The van der Waals surface area contributed by atoms with Gasteiger partial charge in [0.15, 0.2) is 0 Å². The summed E-state index contributed by atoms with van der Waals surface area (Å²) < 4.78 is 18.5. The first-order chi connectivity index (χ1) is 14.5. The molecule has 1 aromatic heterocycles. The fourth-order valence-corrected chi connectivity index (χ4v) is 5.39. The Morgan fingerprint density at radius 3 is 2.87 bits per heavy atom. The van der Waals surface area contributed by atoms with Crippen molar-refractivity contribution in [2.75, 3.05) is 18.4 Å². The Hall–Kier alpha value is -2.80. The summed E-state index contributed by atoms with van der Waals surface area (Å²) in [4.78, 5) is 19.3. The first-order valence-electron chi connectivity index (χ1n) is 10.3. The Balaban J connectivity index is 1.40. The van der Waals surface area contributed by atoms with Crippen molar-refractivity contribution in [1.29, 1.82) is 0 Å². The standard InChI is InChI=1S/C23H23FN4OS/c1-15-5-7-18(12-20(15)24)23(21-25-14-26-30-21)9-10-28(13-23)22(29)27-19-8-6-16-3-2-4-17(16)11-19/h5-8,11-12,14H,2-4,9-10,13H2,1H3,(H,27,29)/t23-/m1/s1. The Labute approximate surface area is 179 Å². The summed E-state index contributed by atoms with van der Waals surface area (Å²) in [5, 5.41) is 3.87. The van der Waals surface area contributed by atoms with E-state index in [4.69, 9.17) is 0 Å². The molecule has 0 bridgehead atoms. The molecule has 5 rings (SSSR count). The Morgan fingerprint density at radius 2 is 2.07 bits per heavy atom. The van der Waals surface area contributed by atoms with Gasteiger partial charge in [0.1, 0.15) is 17.2 Å². The van der Waals surface area contributed by atoms with Gasteiger partial charge in [-0.05, 0) is 84.6 Å². The molecule has 0 saturated carbocycles. The zero-order valence-electron chi connectivity index (χ0n) is 16.8. The number of rotatable bonds is 3. The topological polar surface area (TPSA) is 58.1 Å². The minimum absolute atomic E-state index is 0.132. The van der Waals surface area contributed by atoms with E-state index in [-0.39, 0.29) is 11.8 Å². The number of carbonyl (C=O) groups excluding carboxylic acids is 1. The highest BCUT2D eigenvalue weighted by Gasteiger charge is 2.45. The Morgan fingerprint density at radius 1 is 1.20 bits per heavy atom. The van der Waals surface area contributed by atoms with Crippen molar-refractivity contribution in [2.45, 2.75) is 38.0 Å². The number of likely N-dealkylation sites (tertiary alicyclic amines) is 1. The van der Waals surface area contributed by atoms with Crippen LogP contribution in [0.15, 0.2) is 42.7 Å². The van der Waals surface area contributed by atoms with Crippen LogP contribution in [-0.4, -0.2) is 33.4 Å². The number of benzene rings is 2. The van der Waals surface area contributed by atoms with Crippen LogP contribution in [0.5, 0.6) is 0 Å². The van der Waals surface area contributed by atoms with Gasteiger partial charge in [-0.3, -0.25) is 0 Å². The van der Waals surface area contributed by atoms with Crippen LogP contribution in [0.1, 0.15) is 40.1 Å². The molecule has 7 heteroatoms. The molecule has 2 amide bonds. The van der Waals surface area contributed by atoms with Gasteiger partial charge in [-0.1, -0.05) is 18.2 Å². The molecule has 1 atom stereocenters. The molecule has 0 radical (unpaired) electrons. The molecular weight excluding hydrogens is 399 g/mol. The number of carbonyl (C=O) groups is 1. The van der Waals surface area contributed by atoms with Gasteiger partial charge in [-0.15, -0.1) is 0 Å². The monoisotopic (exact) mass is 422 g/mol. The third-order valence-electron chi connectivity index (χ3n) is 6.40. The number of aromatic nitrogens is 2. The molecule has 5 nitrogen and oxygen atoms in total. The number of halogens is 1. The van der Waals surface area contributed by atoms with Crippen LogP contribution >= 0.6 is 11.5 Å². The van der Waals surface area contributed by atoms with Crippen molar-refractivity contribution in [3.63, 3.8) is 0 Å². The van der Waals surface area contributed by atoms with Crippen molar-refractivity contribution in [1.82, 2.24) is 14.3 Å². The molecule has 2 aromatic carbocycles. The second kappa shape index (κ2) is 7.47. The number of nitrogens with one attached hydrogen (secondary N) is 1. The number of hydrogen-bond acceptors (Lipinski definition) is 4. The van der Waals surface area contributed by atoms with Gasteiger partial charge < -0.3 is 10.2 Å². The summed E-state index contributed by atoms with van der Waals surface area (Å²) in [6.45, 7) is 2.77. The lowest BCUT2D eigenvalue weighted by molar-refractivity contribution is 0.220. The van der Waals surface area contributed by atoms with Crippen molar-refractivity contribution in [3.8, 4) is 0 Å². The van der Waals surface area contributed by atoms with E-state index in [1.54, 1.807) is 24.0 Å². The largest absolute Gasteiger partial charge is 0.323 e. The van der Waals surface area contributed by atoms with Crippen LogP contribution < -0.4 is 5.32 Å². The van der Waals surface area contributed by atoms with Crippen molar-refractivity contribution in [2.24, 2.45) is 0 Å². The lowest BCUT2D eigenvalue weighted by atomic mass is 9.80. The second-order valence-electron chi connectivity index (χ2n) is 8.23. The molecule has 1 fully saturated rings. The highest BCUT2D eigenvalue weighted by molar-refractivity contribution is 7.05. The second-order valence-corrected chi connectivity index (χ2v) is 9.01. The van der Waals surface area contributed by atoms with Crippen LogP contribution in [0.2, 0.25) is 0 Å². The maximum atomic E-state index is 14.4. The van der Waals surface area contributed by atoms with Crippen LogP contribution in [-0.2, 0) is 18.3 Å².